The lowest BCUT2D eigenvalue weighted by Crippen LogP contribution is -2.20. The Balaban J connectivity index is 1.98. The number of hydrogen-bond donors (Lipinski definition) is 2. The van der Waals surface area contributed by atoms with E-state index in [1.54, 1.807) is 12.1 Å². The summed E-state index contributed by atoms with van der Waals surface area (Å²) in [5.41, 5.74) is 6.09. The number of amides is 1. The van der Waals surface area contributed by atoms with Crippen molar-refractivity contribution in [3.63, 3.8) is 0 Å². The van der Waals surface area contributed by atoms with Gasteiger partial charge in [-0.1, -0.05) is 35.4 Å². The van der Waals surface area contributed by atoms with Crippen molar-refractivity contribution in [2.24, 2.45) is 5.10 Å². The van der Waals surface area contributed by atoms with Gasteiger partial charge in [0, 0.05) is 10.6 Å². The second-order valence-electron chi connectivity index (χ2n) is 5.10. The second-order valence-corrected chi connectivity index (χ2v) is 5.54. The van der Waals surface area contributed by atoms with Gasteiger partial charge in [-0.25, -0.2) is 5.43 Å². The number of carbonyl (C=O) groups excluding carboxylic acids is 1. The van der Waals surface area contributed by atoms with Gasteiger partial charge < -0.3 is 5.11 Å². The predicted octanol–water partition coefficient (Wildman–Crippen LogP) is 3.36. The Labute approximate surface area is 134 Å². The Bertz CT molecular complexity index is 727. The number of halogens is 1. The van der Waals surface area contributed by atoms with E-state index >= 15 is 0 Å². The van der Waals surface area contributed by atoms with Gasteiger partial charge in [0.15, 0.2) is 0 Å². The molecule has 0 aliphatic heterocycles. The highest BCUT2D eigenvalue weighted by Gasteiger charge is 2.05. The van der Waals surface area contributed by atoms with Crippen LogP contribution in [0.15, 0.2) is 41.5 Å². The highest BCUT2D eigenvalue weighted by Crippen LogP contribution is 2.19. The van der Waals surface area contributed by atoms with Crippen LogP contribution < -0.4 is 5.43 Å². The SMILES string of the molecule is Cc1ccc(CC(=O)N/N=C/c2cc(Cl)ccc2O)c(C)c1. The molecule has 0 radical (unpaired) electrons. The maximum absolute atomic E-state index is 11.9. The van der Waals surface area contributed by atoms with Gasteiger partial charge >= 0.3 is 0 Å². The van der Waals surface area contributed by atoms with E-state index in [2.05, 4.69) is 10.5 Å². The fraction of sp³-hybridized carbons (Fsp3) is 0.176. The molecule has 1 amide bonds. The number of hydrogen-bond acceptors (Lipinski definition) is 3. The molecule has 2 N–H and O–H groups in total. The van der Waals surface area contributed by atoms with Gasteiger partial charge in [0.2, 0.25) is 5.91 Å². The van der Waals surface area contributed by atoms with Crippen molar-refractivity contribution in [2.75, 3.05) is 0 Å². The summed E-state index contributed by atoms with van der Waals surface area (Å²) < 4.78 is 0. The van der Waals surface area contributed by atoms with Crippen LogP contribution in [-0.2, 0) is 11.2 Å². The zero-order valence-electron chi connectivity index (χ0n) is 12.4. The third-order valence-corrected chi connectivity index (χ3v) is 3.47. The van der Waals surface area contributed by atoms with Gasteiger partial charge in [0.05, 0.1) is 12.6 Å². The fourth-order valence-electron chi connectivity index (χ4n) is 2.06. The minimum Gasteiger partial charge on any atom is -0.507 e. The number of benzene rings is 2. The van der Waals surface area contributed by atoms with Gasteiger partial charge in [-0.05, 0) is 43.2 Å². The molecule has 0 aliphatic rings. The van der Waals surface area contributed by atoms with Crippen LogP contribution >= 0.6 is 11.6 Å². The molecule has 0 aromatic heterocycles. The number of carbonyl (C=O) groups is 1. The molecule has 114 valence electrons. The monoisotopic (exact) mass is 316 g/mol. The van der Waals surface area contributed by atoms with E-state index in [9.17, 15) is 9.90 Å². The van der Waals surface area contributed by atoms with Crippen LogP contribution in [0.1, 0.15) is 22.3 Å². The number of rotatable bonds is 4. The van der Waals surface area contributed by atoms with Crippen molar-refractivity contribution < 1.29 is 9.90 Å². The predicted molar refractivity (Wildman–Crippen MR) is 88.5 cm³/mol. The lowest BCUT2D eigenvalue weighted by atomic mass is 10.0. The summed E-state index contributed by atoms with van der Waals surface area (Å²) in [6.45, 7) is 3.99. The molecule has 5 heteroatoms. The molecule has 2 aromatic carbocycles. The average Bonchev–Trinajstić information content (AvgIpc) is 2.46. The van der Waals surface area contributed by atoms with Crippen LogP contribution in [0.2, 0.25) is 5.02 Å². The number of phenolic OH excluding ortho intramolecular Hbond substituents is 1. The first-order valence-corrected chi connectivity index (χ1v) is 7.20. The maximum atomic E-state index is 11.9. The Morgan fingerprint density at radius 2 is 2.05 bits per heavy atom. The third kappa shape index (κ3) is 4.33. The lowest BCUT2D eigenvalue weighted by Gasteiger charge is -2.06. The summed E-state index contributed by atoms with van der Waals surface area (Å²) in [5.74, 6) is -0.165. The van der Waals surface area contributed by atoms with E-state index in [-0.39, 0.29) is 18.1 Å². The summed E-state index contributed by atoms with van der Waals surface area (Å²) >= 11 is 5.84. The van der Waals surface area contributed by atoms with Crippen molar-refractivity contribution in [1.29, 1.82) is 0 Å². The normalized spacial score (nSPS) is 10.9. The Morgan fingerprint density at radius 3 is 2.77 bits per heavy atom. The summed E-state index contributed by atoms with van der Waals surface area (Å²) in [5, 5.41) is 14.0. The molecule has 4 nitrogen and oxygen atoms in total. The van der Waals surface area contributed by atoms with Gasteiger partial charge in [-0.2, -0.15) is 5.10 Å². The second kappa shape index (κ2) is 7.09. The van der Waals surface area contributed by atoms with Gasteiger partial charge in [-0.3, -0.25) is 4.79 Å². The lowest BCUT2D eigenvalue weighted by molar-refractivity contribution is -0.120. The summed E-state index contributed by atoms with van der Waals surface area (Å²) in [4.78, 5) is 11.9. The molecular weight excluding hydrogens is 300 g/mol. The summed E-state index contributed by atoms with van der Waals surface area (Å²) in [7, 11) is 0. The Hall–Kier alpha value is -2.33. The number of nitrogens with one attached hydrogen (secondary N) is 1. The quantitative estimate of drug-likeness (QED) is 0.671. The molecule has 0 heterocycles. The molecule has 0 saturated heterocycles. The first-order chi connectivity index (χ1) is 10.5. The molecule has 0 spiro atoms. The standard InChI is InChI=1S/C17H17ClN2O2/c1-11-3-4-13(12(2)7-11)9-17(22)20-19-10-14-8-15(18)5-6-16(14)21/h3-8,10,21H,9H2,1-2H3,(H,20,22)/b19-10+. The number of phenols is 1. The third-order valence-electron chi connectivity index (χ3n) is 3.23. The van der Waals surface area contributed by atoms with Crippen LogP contribution in [0.4, 0.5) is 0 Å². The number of hydrazone groups is 1. The van der Waals surface area contributed by atoms with E-state index in [4.69, 9.17) is 11.6 Å². The molecule has 2 aromatic rings. The van der Waals surface area contributed by atoms with Gasteiger partial charge in [0.25, 0.3) is 0 Å². The molecular formula is C17H17ClN2O2. The van der Waals surface area contributed by atoms with Crippen LogP contribution in [0.3, 0.4) is 0 Å². The van der Waals surface area contributed by atoms with Crippen LogP contribution in [0.5, 0.6) is 5.75 Å². The van der Waals surface area contributed by atoms with E-state index in [1.807, 2.05) is 32.0 Å². The fourth-order valence-corrected chi connectivity index (χ4v) is 2.24. The van der Waals surface area contributed by atoms with Crippen molar-refractivity contribution in [3.8, 4) is 5.75 Å². The van der Waals surface area contributed by atoms with Crippen molar-refractivity contribution in [2.45, 2.75) is 20.3 Å². The zero-order valence-corrected chi connectivity index (χ0v) is 13.2. The molecule has 0 saturated carbocycles. The molecule has 0 bridgehead atoms. The summed E-state index contributed by atoms with van der Waals surface area (Å²) in [6, 6.07) is 10.6. The first kappa shape index (κ1) is 16.0. The van der Waals surface area contributed by atoms with E-state index in [0.717, 1.165) is 16.7 Å². The maximum Gasteiger partial charge on any atom is 0.244 e. The summed E-state index contributed by atoms with van der Waals surface area (Å²) in [6.07, 6.45) is 1.62. The molecule has 2 rings (SSSR count). The molecule has 0 aliphatic carbocycles. The van der Waals surface area contributed by atoms with Crippen molar-refractivity contribution >= 4 is 23.7 Å². The Morgan fingerprint density at radius 1 is 1.27 bits per heavy atom. The molecule has 22 heavy (non-hydrogen) atoms. The van der Waals surface area contributed by atoms with Crippen molar-refractivity contribution in [1.82, 2.24) is 5.43 Å². The van der Waals surface area contributed by atoms with Crippen LogP contribution in [0, 0.1) is 13.8 Å². The number of aryl methyl sites for hydroxylation is 2. The minimum atomic E-state index is -0.218. The van der Waals surface area contributed by atoms with Gasteiger partial charge in [-0.15, -0.1) is 0 Å². The molecule has 0 unspecified atom stereocenters. The van der Waals surface area contributed by atoms with Gasteiger partial charge in [0.1, 0.15) is 5.75 Å². The van der Waals surface area contributed by atoms with E-state index in [1.165, 1.54) is 12.3 Å². The Kier molecular flexibility index (Phi) is 5.17. The van der Waals surface area contributed by atoms with Crippen LogP contribution in [0.25, 0.3) is 0 Å². The number of aromatic hydroxyl groups is 1. The highest BCUT2D eigenvalue weighted by atomic mass is 35.5. The minimum absolute atomic E-state index is 0.0526. The van der Waals surface area contributed by atoms with Crippen molar-refractivity contribution in [3.05, 3.63) is 63.7 Å². The largest absolute Gasteiger partial charge is 0.507 e. The molecule has 0 fully saturated rings. The van der Waals surface area contributed by atoms with E-state index in [0.29, 0.717) is 10.6 Å². The zero-order chi connectivity index (χ0) is 16.1. The van der Waals surface area contributed by atoms with E-state index < -0.39 is 0 Å². The topological polar surface area (TPSA) is 61.7 Å². The first-order valence-electron chi connectivity index (χ1n) is 6.82. The molecule has 0 atom stereocenters. The average molecular weight is 317 g/mol. The highest BCUT2D eigenvalue weighted by molar-refractivity contribution is 6.30. The number of nitrogens with zero attached hydrogens (tertiary/aromatic N) is 1. The van der Waals surface area contributed by atoms with Crippen LogP contribution in [-0.4, -0.2) is 17.2 Å². The smallest absolute Gasteiger partial charge is 0.244 e.